The summed E-state index contributed by atoms with van der Waals surface area (Å²) in [7, 11) is 0. The van der Waals surface area contributed by atoms with Crippen molar-refractivity contribution in [2.75, 3.05) is 6.54 Å². The van der Waals surface area contributed by atoms with Crippen molar-refractivity contribution >= 4 is 6.09 Å². The standard InChI is InChI=1S/C16H31NO2/c1-5-6-7-8-9-17-15(18)19-14-10-13(2)11-16(3,4)12-14/h13-14H,5-12H2,1-4H3,(H,17,18)/t13-,14-/m1/s1. The summed E-state index contributed by atoms with van der Waals surface area (Å²) in [4.78, 5) is 11.7. The minimum atomic E-state index is -0.230. The van der Waals surface area contributed by atoms with Gasteiger partial charge in [0.25, 0.3) is 0 Å². The molecule has 1 aliphatic rings. The average Bonchev–Trinajstić information content (AvgIpc) is 2.25. The molecule has 0 bridgehead atoms. The lowest BCUT2D eigenvalue weighted by Crippen LogP contribution is -2.37. The number of ether oxygens (including phenoxy) is 1. The lowest BCUT2D eigenvalue weighted by molar-refractivity contribution is 0.0188. The van der Waals surface area contributed by atoms with Gasteiger partial charge in [-0.2, -0.15) is 0 Å². The fraction of sp³-hybridized carbons (Fsp3) is 0.938. The summed E-state index contributed by atoms with van der Waals surface area (Å²) in [5, 5.41) is 2.87. The summed E-state index contributed by atoms with van der Waals surface area (Å²) in [5.41, 5.74) is 0.295. The molecule has 0 saturated heterocycles. The molecule has 1 fully saturated rings. The maximum Gasteiger partial charge on any atom is 0.407 e. The molecule has 2 atom stereocenters. The van der Waals surface area contributed by atoms with Crippen LogP contribution in [0.5, 0.6) is 0 Å². The quantitative estimate of drug-likeness (QED) is 0.721. The van der Waals surface area contributed by atoms with Gasteiger partial charge in [-0.15, -0.1) is 0 Å². The zero-order valence-electron chi connectivity index (χ0n) is 13.1. The summed E-state index contributed by atoms with van der Waals surface area (Å²) >= 11 is 0. The van der Waals surface area contributed by atoms with Crippen LogP contribution in [0.1, 0.15) is 72.6 Å². The lowest BCUT2D eigenvalue weighted by Gasteiger charge is -2.38. The van der Waals surface area contributed by atoms with E-state index >= 15 is 0 Å². The van der Waals surface area contributed by atoms with Crippen molar-refractivity contribution in [3.63, 3.8) is 0 Å². The number of carbonyl (C=O) groups is 1. The van der Waals surface area contributed by atoms with Gasteiger partial charge in [-0.25, -0.2) is 4.79 Å². The summed E-state index contributed by atoms with van der Waals surface area (Å²) in [6.07, 6.45) is 7.78. The Bertz CT molecular complexity index is 276. The van der Waals surface area contributed by atoms with E-state index in [1.807, 2.05) is 0 Å². The predicted octanol–water partition coefficient (Wildman–Crippen LogP) is 4.51. The molecule has 1 rings (SSSR count). The smallest absolute Gasteiger partial charge is 0.407 e. The van der Waals surface area contributed by atoms with Crippen molar-refractivity contribution in [1.82, 2.24) is 5.32 Å². The zero-order chi connectivity index (χ0) is 14.3. The van der Waals surface area contributed by atoms with Crippen LogP contribution in [-0.2, 0) is 4.74 Å². The molecule has 1 aliphatic carbocycles. The molecule has 0 unspecified atom stereocenters. The Morgan fingerprint density at radius 3 is 2.63 bits per heavy atom. The van der Waals surface area contributed by atoms with E-state index in [4.69, 9.17) is 4.74 Å². The summed E-state index contributed by atoms with van der Waals surface area (Å²) < 4.78 is 5.55. The monoisotopic (exact) mass is 269 g/mol. The Morgan fingerprint density at radius 2 is 2.00 bits per heavy atom. The second-order valence-corrected chi connectivity index (χ2v) is 6.93. The van der Waals surface area contributed by atoms with Crippen molar-refractivity contribution in [2.45, 2.75) is 78.7 Å². The van der Waals surface area contributed by atoms with Crippen LogP contribution in [0.25, 0.3) is 0 Å². The maximum atomic E-state index is 11.7. The van der Waals surface area contributed by atoms with Crippen LogP contribution in [0.15, 0.2) is 0 Å². The molecule has 112 valence electrons. The fourth-order valence-corrected chi connectivity index (χ4v) is 3.28. The minimum Gasteiger partial charge on any atom is -0.446 e. The Hall–Kier alpha value is -0.730. The molecule has 0 aliphatic heterocycles. The van der Waals surface area contributed by atoms with Crippen LogP contribution < -0.4 is 5.32 Å². The highest BCUT2D eigenvalue weighted by molar-refractivity contribution is 5.67. The molecule has 0 aromatic carbocycles. The highest BCUT2D eigenvalue weighted by Crippen LogP contribution is 2.39. The van der Waals surface area contributed by atoms with Crippen molar-refractivity contribution in [3.05, 3.63) is 0 Å². The first-order chi connectivity index (χ1) is 8.93. The van der Waals surface area contributed by atoms with E-state index in [1.54, 1.807) is 0 Å². The summed E-state index contributed by atoms with van der Waals surface area (Å²) in [5.74, 6) is 0.645. The van der Waals surface area contributed by atoms with Gasteiger partial charge >= 0.3 is 6.09 Å². The number of hydrogen-bond donors (Lipinski definition) is 1. The van der Waals surface area contributed by atoms with E-state index in [-0.39, 0.29) is 12.2 Å². The number of carbonyl (C=O) groups excluding carboxylic acids is 1. The molecule has 1 amide bonds. The van der Waals surface area contributed by atoms with Gasteiger partial charge in [0.1, 0.15) is 6.10 Å². The van der Waals surface area contributed by atoms with E-state index < -0.39 is 0 Å². The second kappa shape index (κ2) is 7.76. The highest BCUT2D eigenvalue weighted by Gasteiger charge is 2.33. The average molecular weight is 269 g/mol. The van der Waals surface area contributed by atoms with Gasteiger partial charge in [0.05, 0.1) is 0 Å². The first-order valence-corrected chi connectivity index (χ1v) is 7.87. The number of nitrogens with one attached hydrogen (secondary N) is 1. The summed E-state index contributed by atoms with van der Waals surface area (Å²) in [6, 6.07) is 0. The number of hydrogen-bond acceptors (Lipinski definition) is 2. The molecule has 0 aromatic heterocycles. The molecule has 0 spiro atoms. The third kappa shape index (κ3) is 6.84. The van der Waals surface area contributed by atoms with Crippen LogP contribution in [0.2, 0.25) is 0 Å². The van der Waals surface area contributed by atoms with Gasteiger partial charge in [0.2, 0.25) is 0 Å². The largest absolute Gasteiger partial charge is 0.446 e. The van der Waals surface area contributed by atoms with Crippen LogP contribution in [0.3, 0.4) is 0 Å². The van der Waals surface area contributed by atoms with Crippen LogP contribution in [0.4, 0.5) is 4.79 Å². The van der Waals surface area contributed by atoms with Crippen molar-refractivity contribution < 1.29 is 9.53 Å². The van der Waals surface area contributed by atoms with E-state index in [2.05, 4.69) is 33.0 Å². The van der Waals surface area contributed by atoms with E-state index in [9.17, 15) is 4.79 Å². The van der Waals surface area contributed by atoms with Gasteiger partial charge in [0.15, 0.2) is 0 Å². The van der Waals surface area contributed by atoms with Gasteiger partial charge in [-0.05, 0) is 37.0 Å². The van der Waals surface area contributed by atoms with E-state index in [1.165, 1.54) is 25.7 Å². The van der Waals surface area contributed by atoms with Gasteiger partial charge in [0, 0.05) is 6.54 Å². The molecule has 3 heteroatoms. The topological polar surface area (TPSA) is 38.3 Å². The second-order valence-electron chi connectivity index (χ2n) is 6.93. The third-order valence-electron chi connectivity index (χ3n) is 3.92. The van der Waals surface area contributed by atoms with E-state index in [0.717, 1.165) is 25.8 Å². The first-order valence-electron chi connectivity index (χ1n) is 7.87. The van der Waals surface area contributed by atoms with Crippen molar-refractivity contribution in [1.29, 1.82) is 0 Å². The zero-order valence-corrected chi connectivity index (χ0v) is 13.1. The van der Waals surface area contributed by atoms with Crippen LogP contribution in [0, 0.1) is 11.3 Å². The molecule has 0 aromatic rings. The third-order valence-corrected chi connectivity index (χ3v) is 3.92. The molecule has 3 nitrogen and oxygen atoms in total. The number of amides is 1. The lowest BCUT2D eigenvalue weighted by atomic mass is 9.71. The summed E-state index contributed by atoms with van der Waals surface area (Å²) in [6.45, 7) is 9.71. The molecule has 1 N–H and O–H groups in total. The normalized spacial score (nSPS) is 25.9. The Morgan fingerprint density at radius 1 is 1.26 bits per heavy atom. The van der Waals surface area contributed by atoms with E-state index in [0.29, 0.717) is 11.3 Å². The number of alkyl carbamates (subject to hydrolysis) is 1. The van der Waals surface area contributed by atoms with Gasteiger partial charge in [-0.1, -0.05) is 47.0 Å². The van der Waals surface area contributed by atoms with Crippen molar-refractivity contribution in [2.24, 2.45) is 11.3 Å². The first kappa shape index (κ1) is 16.3. The fourth-order valence-electron chi connectivity index (χ4n) is 3.28. The molecule has 0 heterocycles. The maximum absolute atomic E-state index is 11.7. The Balaban J connectivity index is 2.20. The molecule has 1 saturated carbocycles. The van der Waals surface area contributed by atoms with Gasteiger partial charge in [-0.3, -0.25) is 0 Å². The molecular weight excluding hydrogens is 238 g/mol. The molecular formula is C16H31NO2. The Kier molecular flexibility index (Phi) is 6.67. The Labute approximate surface area is 118 Å². The SMILES string of the molecule is CCCCCCNC(=O)O[C@@H]1C[C@@H](C)CC(C)(C)C1. The number of rotatable bonds is 6. The minimum absolute atomic E-state index is 0.0920. The predicted molar refractivity (Wildman–Crippen MR) is 79.2 cm³/mol. The van der Waals surface area contributed by atoms with Gasteiger partial charge < -0.3 is 10.1 Å². The van der Waals surface area contributed by atoms with Crippen LogP contribution >= 0.6 is 0 Å². The van der Waals surface area contributed by atoms with Crippen molar-refractivity contribution in [3.8, 4) is 0 Å². The number of unbranched alkanes of at least 4 members (excludes halogenated alkanes) is 3. The highest BCUT2D eigenvalue weighted by atomic mass is 16.6. The molecule has 0 radical (unpaired) electrons. The van der Waals surface area contributed by atoms with Crippen LogP contribution in [-0.4, -0.2) is 18.7 Å². The molecule has 19 heavy (non-hydrogen) atoms.